The first-order valence-corrected chi connectivity index (χ1v) is 5.29. The van der Waals surface area contributed by atoms with E-state index in [1.807, 2.05) is 6.08 Å². The fourth-order valence-corrected chi connectivity index (χ4v) is 1.80. The Balaban J connectivity index is 2.68. The van der Waals surface area contributed by atoms with Crippen molar-refractivity contribution in [1.82, 2.24) is 0 Å². The minimum Gasteiger partial charge on any atom is -0.295 e. The van der Waals surface area contributed by atoms with E-state index in [2.05, 4.69) is 24.2 Å². The summed E-state index contributed by atoms with van der Waals surface area (Å²) in [5, 5.41) is 0. The van der Waals surface area contributed by atoms with Gasteiger partial charge < -0.3 is 0 Å². The first-order chi connectivity index (χ1) is 7.27. The van der Waals surface area contributed by atoms with Gasteiger partial charge in [0.15, 0.2) is 5.78 Å². The Morgan fingerprint density at radius 2 is 2.47 bits per heavy atom. The highest BCUT2D eigenvalue weighted by Gasteiger charge is 2.19. The quantitative estimate of drug-likeness (QED) is 0.505. The highest BCUT2D eigenvalue weighted by Crippen LogP contribution is 2.26. The summed E-state index contributed by atoms with van der Waals surface area (Å²) in [5.41, 5.74) is 3.77. The van der Waals surface area contributed by atoms with Gasteiger partial charge in [-0.1, -0.05) is 12.5 Å². The van der Waals surface area contributed by atoms with E-state index in [-0.39, 0.29) is 5.78 Å². The lowest BCUT2D eigenvalue weighted by atomic mass is 9.84. The third kappa shape index (κ3) is 3.62. The zero-order valence-corrected chi connectivity index (χ0v) is 9.18. The van der Waals surface area contributed by atoms with E-state index in [1.54, 1.807) is 13.0 Å². The minimum atomic E-state index is 0.211. The average Bonchev–Trinajstić information content (AvgIpc) is 2.22. The van der Waals surface area contributed by atoms with Crippen LogP contribution in [0.2, 0.25) is 0 Å². The molecular weight excluding hydrogens is 184 g/mol. The highest BCUT2D eigenvalue weighted by molar-refractivity contribution is 5.92. The van der Waals surface area contributed by atoms with Crippen molar-refractivity contribution in [3.05, 3.63) is 30.0 Å². The fourth-order valence-electron chi connectivity index (χ4n) is 1.80. The van der Waals surface area contributed by atoms with E-state index >= 15 is 0 Å². The molecule has 0 aliphatic heterocycles. The predicted octanol–water partition coefficient (Wildman–Crippen LogP) is 3.04. The van der Waals surface area contributed by atoms with Gasteiger partial charge >= 0.3 is 0 Å². The van der Waals surface area contributed by atoms with Crippen LogP contribution < -0.4 is 0 Å². The maximum Gasteiger partial charge on any atom is 0.156 e. The third-order valence-corrected chi connectivity index (χ3v) is 2.57. The van der Waals surface area contributed by atoms with Crippen LogP contribution in [0.25, 0.3) is 0 Å². The molecule has 0 N–H and O–H groups in total. The lowest BCUT2D eigenvalue weighted by molar-refractivity contribution is -0.115. The van der Waals surface area contributed by atoms with Crippen LogP contribution in [-0.2, 0) is 4.79 Å². The van der Waals surface area contributed by atoms with Crippen molar-refractivity contribution in [3.63, 3.8) is 0 Å². The molecule has 0 aromatic heterocycles. The monoisotopic (exact) mass is 200 g/mol. The Morgan fingerprint density at radius 3 is 3.13 bits per heavy atom. The lowest BCUT2D eigenvalue weighted by Gasteiger charge is -2.19. The van der Waals surface area contributed by atoms with E-state index in [9.17, 15) is 4.79 Å². The summed E-state index contributed by atoms with van der Waals surface area (Å²) < 4.78 is 0. The molecule has 0 aromatic carbocycles. The molecule has 1 aliphatic rings. The number of carbonyl (C=O) groups excluding carboxylic acids is 1. The predicted molar refractivity (Wildman–Crippen MR) is 62.2 cm³/mol. The molecule has 0 fully saturated rings. The summed E-state index contributed by atoms with van der Waals surface area (Å²) in [5.74, 6) is 6.56. The Kier molecular flexibility index (Phi) is 4.68. The van der Waals surface area contributed by atoms with Gasteiger partial charge in [-0.25, -0.2) is 0 Å². The van der Waals surface area contributed by atoms with Crippen molar-refractivity contribution in [2.45, 2.75) is 32.6 Å². The summed E-state index contributed by atoms with van der Waals surface area (Å²) in [6.07, 6.45) is 7.25. The van der Waals surface area contributed by atoms with Crippen LogP contribution in [0.1, 0.15) is 32.6 Å². The summed E-state index contributed by atoms with van der Waals surface area (Å²) >= 11 is 0. The SMILES string of the molecule is C=C=CCCC1CCC(=O)C=C1C#CC. The fraction of sp³-hybridized carbons (Fsp3) is 0.429. The lowest BCUT2D eigenvalue weighted by Crippen LogP contribution is -2.13. The highest BCUT2D eigenvalue weighted by atomic mass is 16.1. The molecule has 1 atom stereocenters. The standard InChI is InChI=1S/C14H16O/c1-3-5-6-8-12-9-10-14(15)11-13(12)7-4-2/h5,11-12H,1,6,8-10H2,2H3. The van der Waals surface area contributed by atoms with Gasteiger partial charge in [0.2, 0.25) is 0 Å². The molecule has 0 spiro atoms. The number of hydrogen-bond donors (Lipinski definition) is 0. The Hall–Kier alpha value is -1.51. The molecular formula is C14H16O. The van der Waals surface area contributed by atoms with Crippen molar-refractivity contribution in [1.29, 1.82) is 0 Å². The molecule has 0 bridgehead atoms. The van der Waals surface area contributed by atoms with Gasteiger partial charge in [0.25, 0.3) is 0 Å². The number of hydrogen-bond acceptors (Lipinski definition) is 1. The molecule has 1 heteroatoms. The molecule has 1 rings (SSSR count). The van der Waals surface area contributed by atoms with Crippen molar-refractivity contribution in [3.8, 4) is 11.8 Å². The minimum absolute atomic E-state index is 0.211. The van der Waals surface area contributed by atoms with E-state index < -0.39 is 0 Å². The van der Waals surface area contributed by atoms with E-state index in [1.165, 1.54) is 0 Å². The van der Waals surface area contributed by atoms with E-state index in [0.717, 1.165) is 24.8 Å². The summed E-state index contributed by atoms with van der Waals surface area (Å²) in [6, 6.07) is 0. The molecule has 1 aliphatic carbocycles. The van der Waals surface area contributed by atoms with Crippen LogP contribution in [0.4, 0.5) is 0 Å². The Bertz CT molecular complexity index is 370. The second-order valence-electron chi connectivity index (χ2n) is 3.66. The molecule has 0 amide bonds. The zero-order chi connectivity index (χ0) is 11.1. The molecule has 1 unspecified atom stereocenters. The van der Waals surface area contributed by atoms with Crippen LogP contribution in [0.15, 0.2) is 30.0 Å². The summed E-state index contributed by atoms with van der Waals surface area (Å²) in [7, 11) is 0. The van der Waals surface area contributed by atoms with Gasteiger partial charge in [0.1, 0.15) is 0 Å². The second kappa shape index (κ2) is 6.06. The molecule has 0 heterocycles. The molecule has 0 saturated carbocycles. The van der Waals surface area contributed by atoms with Crippen molar-refractivity contribution >= 4 is 5.78 Å². The van der Waals surface area contributed by atoms with Gasteiger partial charge in [0.05, 0.1) is 0 Å². The number of rotatable bonds is 3. The van der Waals surface area contributed by atoms with Crippen LogP contribution in [-0.4, -0.2) is 5.78 Å². The van der Waals surface area contributed by atoms with Gasteiger partial charge in [-0.05, 0) is 44.3 Å². The summed E-state index contributed by atoms with van der Waals surface area (Å²) in [4.78, 5) is 11.2. The van der Waals surface area contributed by atoms with E-state index in [0.29, 0.717) is 12.3 Å². The zero-order valence-electron chi connectivity index (χ0n) is 9.18. The van der Waals surface area contributed by atoms with Crippen molar-refractivity contribution in [2.75, 3.05) is 0 Å². The Morgan fingerprint density at radius 1 is 1.67 bits per heavy atom. The molecule has 78 valence electrons. The van der Waals surface area contributed by atoms with Crippen LogP contribution in [0.5, 0.6) is 0 Å². The number of carbonyl (C=O) groups is 1. The molecule has 15 heavy (non-hydrogen) atoms. The molecule has 0 radical (unpaired) electrons. The summed E-state index contributed by atoms with van der Waals surface area (Å²) in [6.45, 7) is 5.34. The topological polar surface area (TPSA) is 17.1 Å². The van der Waals surface area contributed by atoms with Crippen molar-refractivity contribution < 1.29 is 4.79 Å². The average molecular weight is 200 g/mol. The van der Waals surface area contributed by atoms with Gasteiger partial charge in [-0.15, -0.1) is 11.7 Å². The first kappa shape index (κ1) is 11.6. The first-order valence-electron chi connectivity index (χ1n) is 5.29. The maximum atomic E-state index is 11.2. The number of allylic oxidation sites excluding steroid dienone is 3. The largest absolute Gasteiger partial charge is 0.295 e. The van der Waals surface area contributed by atoms with Gasteiger partial charge in [-0.3, -0.25) is 4.79 Å². The van der Waals surface area contributed by atoms with Crippen LogP contribution >= 0.6 is 0 Å². The third-order valence-electron chi connectivity index (χ3n) is 2.57. The Labute approximate surface area is 91.6 Å². The molecule has 0 aromatic rings. The normalized spacial score (nSPS) is 19.7. The van der Waals surface area contributed by atoms with Crippen molar-refractivity contribution in [2.24, 2.45) is 5.92 Å². The molecule has 1 nitrogen and oxygen atoms in total. The molecule has 0 saturated heterocycles. The van der Waals surface area contributed by atoms with Crippen LogP contribution in [0, 0.1) is 17.8 Å². The van der Waals surface area contributed by atoms with Gasteiger partial charge in [-0.2, -0.15) is 0 Å². The van der Waals surface area contributed by atoms with Gasteiger partial charge in [0, 0.05) is 12.0 Å². The maximum absolute atomic E-state index is 11.2. The number of ketones is 1. The van der Waals surface area contributed by atoms with Crippen LogP contribution in [0.3, 0.4) is 0 Å². The van der Waals surface area contributed by atoms with E-state index in [4.69, 9.17) is 0 Å². The second-order valence-corrected chi connectivity index (χ2v) is 3.66. The smallest absolute Gasteiger partial charge is 0.156 e.